The van der Waals surface area contributed by atoms with Crippen molar-refractivity contribution in [1.82, 2.24) is 15.0 Å². The lowest BCUT2D eigenvalue weighted by molar-refractivity contribution is 0.635. The molecule has 1 saturated heterocycles. The molecule has 0 atom stereocenters. The molecule has 102 valence electrons. The number of rotatable bonds is 3. The van der Waals surface area contributed by atoms with Crippen molar-refractivity contribution in [3.8, 4) is 0 Å². The van der Waals surface area contributed by atoms with E-state index in [9.17, 15) is 4.91 Å². The number of aromatic nitrogens is 3. The molecule has 1 aliphatic heterocycles. The minimum Gasteiger partial charge on any atom is -0.351 e. The first-order valence-electron chi connectivity index (χ1n) is 6.44. The molecule has 3 heterocycles. The van der Waals surface area contributed by atoms with Crippen molar-refractivity contribution in [3.05, 3.63) is 41.7 Å². The molecule has 0 bridgehead atoms. The lowest BCUT2D eigenvalue weighted by Crippen LogP contribution is -2.47. The van der Waals surface area contributed by atoms with Crippen LogP contribution < -0.4 is 9.80 Å². The molecule has 7 heteroatoms. The first-order valence-corrected chi connectivity index (χ1v) is 6.44. The van der Waals surface area contributed by atoms with E-state index in [1.807, 2.05) is 0 Å². The molecule has 0 amide bonds. The highest BCUT2D eigenvalue weighted by molar-refractivity contribution is 5.62. The van der Waals surface area contributed by atoms with Crippen LogP contribution >= 0.6 is 0 Å². The summed E-state index contributed by atoms with van der Waals surface area (Å²) in [5.41, 5.74) is 0.386. The molecule has 0 saturated carbocycles. The summed E-state index contributed by atoms with van der Waals surface area (Å²) in [6, 6.07) is 5.20. The zero-order chi connectivity index (χ0) is 13.8. The summed E-state index contributed by atoms with van der Waals surface area (Å²) in [6.07, 6.45) is 5.15. The van der Waals surface area contributed by atoms with Crippen molar-refractivity contribution < 1.29 is 0 Å². The Labute approximate surface area is 116 Å². The maximum absolute atomic E-state index is 10.8. The molecule has 1 aliphatic rings. The van der Waals surface area contributed by atoms with Gasteiger partial charge in [-0.2, -0.15) is 0 Å². The van der Waals surface area contributed by atoms with Gasteiger partial charge in [0.2, 0.25) is 5.95 Å². The first kappa shape index (κ1) is 12.5. The van der Waals surface area contributed by atoms with E-state index in [0.717, 1.165) is 32.1 Å². The fourth-order valence-electron chi connectivity index (χ4n) is 2.28. The third-order valence-electron chi connectivity index (χ3n) is 3.28. The second-order valence-electron chi connectivity index (χ2n) is 4.46. The van der Waals surface area contributed by atoms with Crippen LogP contribution in [0.15, 0.2) is 42.0 Å². The van der Waals surface area contributed by atoms with Gasteiger partial charge in [-0.25, -0.2) is 15.0 Å². The number of anilines is 2. The Morgan fingerprint density at radius 1 is 0.900 bits per heavy atom. The van der Waals surface area contributed by atoms with Gasteiger partial charge in [-0.3, -0.25) is 0 Å². The molecule has 7 nitrogen and oxygen atoms in total. The number of piperazine rings is 1. The molecule has 0 N–H and O–H groups in total. The highest BCUT2D eigenvalue weighted by Crippen LogP contribution is 2.26. The van der Waals surface area contributed by atoms with Crippen LogP contribution in [0, 0.1) is 4.91 Å². The maximum atomic E-state index is 10.8. The van der Waals surface area contributed by atoms with Gasteiger partial charge in [0.1, 0.15) is 5.69 Å². The van der Waals surface area contributed by atoms with Crippen molar-refractivity contribution in [2.45, 2.75) is 0 Å². The topological polar surface area (TPSA) is 74.6 Å². The Hall–Kier alpha value is -2.57. The number of nitroso groups, excluding NO2 is 1. The fourth-order valence-corrected chi connectivity index (χ4v) is 2.28. The average Bonchev–Trinajstić information content (AvgIpc) is 2.56. The van der Waals surface area contributed by atoms with E-state index in [-0.39, 0.29) is 0 Å². The summed E-state index contributed by atoms with van der Waals surface area (Å²) < 4.78 is 0. The van der Waals surface area contributed by atoms with Gasteiger partial charge in [0, 0.05) is 44.8 Å². The van der Waals surface area contributed by atoms with Crippen molar-refractivity contribution >= 4 is 17.5 Å². The van der Waals surface area contributed by atoms with E-state index in [1.54, 1.807) is 36.8 Å². The van der Waals surface area contributed by atoms with Crippen LogP contribution in [0.2, 0.25) is 0 Å². The second-order valence-corrected chi connectivity index (χ2v) is 4.46. The molecule has 0 radical (unpaired) electrons. The van der Waals surface area contributed by atoms with Crippen molar-refractivity contribution in [3.63, 3.8) is 0 Å². The largest absolute Gasteiger partial charge is 0.351 e. The van der Waals surface area contributed by atoms with Crippen LogP contribution in [0.1, 0.15) is 0 Å². The Balaban J connectivity index is 1.71. The summed E-state index contributed by atoms with van der Waals surface area (Å²) in [6.45, 7) is 3.10. The van der Waals surface area contributed by atoms with Crippen LogP contribution in [-0.4, -0.2) is 41.1 Å². The van der Waals surface area contributed by atoms with E-state index >= 15 is 0 Å². The summed E-state index contributed by atoms with van der Waals surface area (Å²) in [4.78, 5) is 27.7. The van der Waals surface area contributed by atoms with Gasteiger partial charge in [0.25, 0.3) is 0 Å². The Bertz CT molecular complexity index is 582. The predicted molar refractivity (Wildman–Crippen MR) is 76.2 cm³/mol. The third kappa shape index (κ3) is 2.42. The second kappa shape index (κ2) is 5.60. The molecule has 0 aliphatic carbocycles. The predicted octanol–water partition coefficient (Wildman–Crippen LogP) is 1.60. The van der Waals surface area contributed by atoms with Gasteiger partial charge in [0.15, 0.2) is 5.82 Å². The minimum absolute atomic E-state index is 0.386. The molecule has 2 aromatic heterocycles. The minimum atomic E-state index is 0.386. The van der Waals surface area contributed by atoms with E-state index in [1.165, 1.54) is 0 Å². The molecule has 2 aromatic rings. The number of pyridine rings is 1. The van der Waals surface area contributed by atoms with Crippen LogP contribution in [0.4, 0.5) is 17.5 Å². The van der Waals surface area contributed by atoms with Gasteiger partial charge < -0.3 is 9.80 Å². The number of hydrogen-bond acceptors (Lipinski definition) is 7. The van der Waals surface area contributed by atoms with E-state index in [0.29, 0.717) is 11.5 Å². The highest BCUT2D eigenvalue weighted by Gasteiger charge is 2.21. The zero-order valence-corrected chi connectivity index (χ0v) is 10.9. The molecule has 0 aromatic carbocycles. The summed E-state index contributed by atoms with van der Waals surface area (Å²) in [7, 11) is 0. The quantitative estimate of drug-likeness (QED) is 0.788. The molecular weight excluding hydrogens is 256 g/mol. The summed E-state index contributed by atoms with van der Waals surface area (Å²) in [5, 5.41) is 3.03. The van der Waals surface area contributed by atoms with Gasteiger partial charge in [-0.15, -0.1) is 4.91 Å². The van der Waals surface area contributed by atoms with Crippen LogP contribution in [0.25, 0.3) is 0 Å². The smallest absolute Gasteiger partial charge is 0.225 e. The van der Waals surface area contributed by atoms with Gasteiger partial charge >= 0.3 is 0 Å². The van der Waals surface area contributed by atoms with E-state index < -0.39 is 0 Å². The van der Waals surface area contributed by atoms with Crippen LogP contribution in [0.3, 0.4) is 0 Å². The summed E-state index contributed by atoms with van der Waals surface area (Å²) >= 11 is 0. The third-order valence-corrected chi connectivity index (χ3v) is 3.28. The molecule has 20 heavy (non-hydrogen) atoms. The molecule has 1 fully saturated rings. The maximum Gasteiger partial charge on any atom is 0.225 e. The SMILES string of the molecule is O=Nc1cccnc1N1CCN(c2ncccn2)CC1. The van der Waals surface area contributed by atoms with Crippen molar-refractivity contribution in [2.24, 2.45) is 5.18 Å². The molecule has 0 unspecified atom stereocenters. The standard InChI is InChI=1S/C13H14N6O/c20-17-11-3-1-4-14-12(11)18-7-9-19(10-8-18)13-15-5-2-6-16-13/h1-6H,7-10H2. The van der Waals surface area contributed by atoms with Gasteiger partial charge in [-0.1, -0.05) is 0 Å². The normalized spacial score (nSPS) is 15.2. The first-order chi connectivity index (χ1) is 9.88. The Morgan fingerprint density at radius 3 is 2.25 bits per heavy atom. The number of hydrogen-bond donors (Lipinski definition) is 0. The van der Waals surface area contributed by atoms with Gasteiger partial charge in [0.05, 0.1) is 0 Å². The average molecular weight is 270 g/mol. The molecular formula is C13H14N6O. The van der Waals surface area contributed by atoms with E-state index in [4.69, 9.17) is 0 Å². The zero-order valence-electron chi connectivity index (χ0n) is 10.9. The number of nitrogens with zero attached hydrogens (tertiary/aromatic N) is 6. The Morgan fingerprint density at radius 2 is 1.55 bits per heavy atom. The monoisotopic (exact) mass is 270 g/mol. The molecule has 3 rings (SSSR count). The highest BCUT2D eigenvalue weighted by atomic mass is 16.3. The van der Waals surface area contributed by atoms with Crippen molar-refractivity contribution in [2.75, 3.05) is 36.0 Å². The lowest BCUT2D eigenvalue weighted by atomic mass is 10.3. The van der Waals surface area contributed by atoms with Crippen LogP contribution in [-0.2, 0) is 0 Å². The lowest BCUT2D eigenvalue weighted by Gasteiger charge is -2.35. The summed E-state index contributed by atoms with van der Waals surface area (Å²) in [5.74, 6) is 1.39. The fraction of sp³-hybridized carbons (Fsp3) is 0.308. The molecule has 0 spiro atoms. The van der Waals surface area contributed by atoms with Gasteiger partial charge in [-0.05, 0) is 23.4 Å². The van der Waals surface area contributed by atoms with Crippen molar-refractivity contribution in [1.29, 1.82) is 0 Å². The van der Waals surface area contributed by atoms with Crippen LogP contribution in [0.5, 0.6) is 0 Å². The van der Waals surface area contributed by atoms with E-state index in [2.05, 4.69) is 29.9 Å². The Kier molecular flexibility index (Phi) is 3.49.